The number of rotatable bonds is 10. The van der Waals surface area contributed by atoms with Crippen molar-refractivity contribution in [3.8, 4) is 0 Å². The minimum atomic E-state index is -0.0711. The first-order valence-electron chi connectivity index (χ1n) is 8.87. The summed E-state index contributed by atoms with van der Waals surface area (Å²) in [5.41, 5.74) is 2.96. The van der Waals surface area contributed by atoms with Crippen LogP contribution >= 0.6 is 0 Å². The Morgan fingerprint density at radius 1 is 0.880 bits per heavy atom. The number of carbonyl (C=O) groups is 2. The van der Waals surface area contributed by atoms with E-state index in [1.54, 1.807) is 0 Å². The summed E-state index contributed by atoms with van der Waals surface area (Å²) in [6.45, 7) is 3.49. The van der Waals surface area contributed by atoms with Gasteiger partial charge in [-0.15, -0.1) is 0 Å². The molecule has 0 saturated heterocycles. The van der Waals surface area contributed by atoms with Gasteiger partial charge >= 0.3 is 0 Å². The molecule has 0 bridgehead atoms. The first-order chi connectivity index (χ1) is 12.2. The predicted molar refractivity (Wildman–Crippen MR) is 102 cm³/mol. The summed E-state index contributed by atoms with van der Waals surface area (Å²) < 4.78 is 0. The van der Waals surface area contributed by atoms with Crippen LogP contribution in [0.4, 0.5) is 5.69 Å². The first kappa shape index (κ1) is 18.7. The smallest absolute Gasteiger partial charge is 0.220 e. The zero-order valence-electron chi connectivity index (χ0n) is 14.8. The van der Waals surface area contributed by atoms with Crippen molar-refractivity contribution < 1.29 is 9.59 Å². The van der Waals surface area contributed by atoms with Crippen LogP contribution in [0, 0.1) is 0 Å². The lowest BCUT2D eigenvalue weighted by atomic mass is 10.0. The van der Waals surface area contributed by atoms with Crippen molar-refractivity contribution in [2.75, 3.05) is 18.4 Å². The molecule has 0 aromatic heterocycles. The second-order valence-electron chi connectivity index (χ2n) is 5.97. The molecule has 0 heterocycles. The molecule has 2 aromatic carbocycles. The van der Waals surface area contributed by atoms with Crippen molar-refractivity contribution in [1.82, 2.24) is 5.32 Å². The number of para-hydroxylation sites is 1. The van der Waals surface area contributed by atoms with E-state index in [-0.39, 0.29) is 24.5 Å². The van der Waals surface area contributed by atoms with Gasteiger partial charge in [0.05, 0.1) is 0 Å². The van der Waals surface area contributed by atoms with Gasteiger partial charge in [-0.1, -0.05) is 49.4 Å². The largest absolute Gasteiger partial charge is 0.385 e. The van der Waals surface area contributed by atoms with Crippen LogP contribution in [-0.2, 0) is 11.2 Å². The highest BCUT2D eigenvalue weighted by Gasteiger charge is 2.09. The average Bonchev–Trinajstić information content (AvgIpc) is 2.66. The highest BCUT2D eigenvalue weighted by atomic mass is 16.2. The van der Waals surface area contributed by atoms with E-state index in [4.69, 9.17) is 0 Å². The lowest BCUT2D eigenvalue weighted by molar-refractivity contribution is -0.121. The van der Waals surface area contributed by atoms with E-state index < -0.39 is 0 Å². The van der Waals surface area contributed by atoms with Crippen LogP contribution in [-0.4, -0.2) is 24.8 Å². The fourth-order valence-electron chi connectivity index (χ4n) is 2.49. The molecular weight excluding hydrogens is 312 g/mol. The highest BCUT2D eigenvalue weighted by molar-refractivity contribution is 5.97. The molecule has 0 spiro atoms. The Morgan fingerprint density at radius 3 is 2.28 bits per heavy atom. The maximum atomic E-state index is 12.1. The van der Waals surface area contributed by atoms with Gasteiger partial charge in [0.25, 0.3) is 0 Å². The summed E-state index contributed by atoms with van der Waals surface area (Å²) in [7, 11) is 0. The molecule has 0 fully saturated rings. The summed E-state index contributed by atoms with van der Waals surface area (Å²) >= 11 is 0. The molecule has 0 aliphatic carbocycles. The number of amides is 1. The SMILES string of the molecule is CCc1ccc(C(=O)CCC(=O)NCCCNc2ccccc2)cc1. The maximum absolute atomic E-state index is 12.1. The Balaban J connectivity index is 1.59. The Morgan fingerprint density at radius 2 is 1.60 bits per heavy atom. The van der Waals surface area contributed by atoms with Crippen molar-refractivity contribution in [2.24, 2.45) is 0 Å². The topological polar surface area (TPSA) is 58.2 Å². The van der Waals surface area contributed by atoms with Gasteiger partial charge in [-0.2, -0.15) is 0 Å². The molecule has 25 heavy (non-hydrogen) atoms. The summed E-state index contributed by atoms with van der Waals surface area (Å²) in [6.07, 6.45) is 2.28. The van der Waals surface area contributed by atoms with E-state index in [0.717, 1.165) is 25.1 Å². The molecule has 0 unspecified atom stereocenters. The molecule has 0 aliphatic heterocycles. The maximum Gasteiger partial charge on any atom is 0.220 e. The van der Waals surface area contributed by atoms with Crippen molar-refractivity contribution in [3.63, 3.8) is 0 Å². The van der Waals surface area contributed by atoms with E-state index in [1.807, 2.05) is 54.6 Å². The summed E-state index contributed by atoms with van der Waals surface area (Å²) in [4.78, 5) is 23.9. The molecule has 2 N–H and O–H groups in total. The minimum Gasteiger partial charge on any atom is -0.385 e. The van der Waals surface area contributed by atoms with Crippen molar-refractivity contribution in [2.45, 2.75) is 32.6 Å². The molecule has 2 rings (SSSR count). The number of hydrogen-bond donors (Lipinski definition) is 2. The zero-order valence-corrected chi connectivity index (χ0v) is 14.8. The van der Waals surface area contributed by atoms with Crippen LogP contribution in [0.3, 0.4) is 0 Å². The molecule has 2 aromatic rings. The number of benzene rings is 2. The highest BCUT2D eigenvalue weighted by Crippen LogP contribution is 2.09. The Kier molecular flexibility index (Phi) is 7.70. The van der Waals surface area contributed by atoms with Crippen LogP contribution in [0.2, 0.25) is 0 Å². The lowest BCUT2D eigenvalue weighted by Gasteiger charge is -2.07. The van der Waals surface area contributed by atoms with Gasteiger partial charge in [0.2, 0.25) is 5.91 Å². The molecule has 0 aliphatic rings. The van der Waals surface area contributed by atoms with Gasteiger partial charge in [-0.3, -0.25) is 9.59 Å². The van der Waals surface area contributed by atoms with E-state index in [2.05, 4.69) is 17.6 Å². The van der Waals surface area contributed by atoms with Crippen LogP contribution in [0.1, 0.15) is 42.1 Å². The summed E-state index contributed by atoms with van der Waals surface area (Å²) in [5, 5.41) is 6.16. The molecule has 4 heteroatoms. The number of aryl methyl sites for hydroxylation is 1. The minimum absolute atomic E-state index is 0.0172. The third-order valence-electron chi connectivity index (χ3n) is 4.04. The standard InChI is InChI=1S/C21H26N2O2/c1-2-17-9-11-18(12-10-17)20(24)13-14-21(25)23-16-6-15-22-19-7-4-3-5-8-19/h3-5,7-12,22H,2,6,13-16H2,1H3,(H,23,25). The normalized spacial score (nSPS) is 10.3. The monoisotopic (exact) mass is 338 g/mol. The van der Waals surface area contributed by atoms with E-state index >= 15 is 0 Å². The second kappa shape index (κ2) is 10.3. The molecular formula is C21H26N2O2. The van der Waals surface area contributed by atoms with Crippen LogP contribution in [0.15, 0.2) is 54.6 Å². The predicted octanol–water partition coefficient (Wildman–Crippen LogP) is 3.83. The average molecular weight is 338 g/mol. The lowest BCUT2D eigenvalue weighted by Crippen LogP contribution is -2.26. The molecule has 132 valence electrons. The van der Waals surface area contributed by atoms with Crippen LogP contribution in [0.5, 0.6) is 0 Å². The summed E-state index contributed by atoms with van der Waals surface area (Å²) in [5.74, 6) is -0.0539. The van der Waals surface area contributed by atoms with Gasteiger partial charge in [0.1, 0.15) is 0 Å². The van der Waals surface area contributed by atoms with Crippen LogP contribution in [0.25, 0.3) is 0 Å². The first-order valence-corrected chi connectivity index (χ1v) is 8.87. The number of anilines is 1. The van der Waals surface area contributed by atoms with Gasteiger partial charge in [-0.25, -0.2) is 0 Å². The number of Topliss-reactive ketones (excluding diaryl/α,β-unsaturated/α-hetero) is 1. The van der Waals surface area contributed by atoms with Crippen LogP contribution < -0.4 is 10.6 Å². The molecule has 0 atom stereocenters. The van der Waals surface area contributed by atoms with Gasteiger partial charge < -0.3 is 10.6 Å². The van der Waals surface area contributed by atoms with E-state index in [1.165, 1.54) is 5.56 Å². The van der Waals surface area contributed by atoms with Gasteiger partial charge in [0.15, 0.2) is 5.78 Å². The number of ketones is 1. The second-order valence-corrected chi connectivity index (χ2v) is 5.97. The Labute approximate surface area is 149 Å². The molecule has 0 radical (unpaired) electrons. The third kappa shape index (κ3) is 6.79. The van der Waals surface area contributed by atoms with Gasteiger partial charge in [0, 0.05) is 37.2 Å². The van der Waals surface area contributed by atoms with Gasteiger partial charge in [-0.05, 0) is 30.5 Å². The molecule has 0 saturated carbocycles. The number of hydrogen-bond acceptors (Lipinski definition) is 3. The third-order valence-corrected chi connectivity index (χ3v) is 4.04. The van der Waals surface area contributed by atoms with Crippen molar-refractivity contribution >= 4 is 17.4 Å². The molecule has 4 nitrogen and oxygen atoms in total. The van der Waals surface area contributed by atoms with Crippen molar-refractivity contribution in [3.05, 3.63) is 65.7 Å². The summed E-state index contributed by atoms with van der Waals surface area (Å²) in [6, 6.07) is 17.6. The number of carbonyl (C=O) groups excluding carboxylic acids is 2. The molecule has 1 amide bonds. The fourth-order valence-corrected chi connectivity index (χ4v) is 2.49. The Hall–Kier alpha value is -2.62. The quantitative estimate of drug-likeness (QED) is 0.511. The fraction of sp³-hybridized carbons (Fsp3) is 0.333. The van der Waals surface area contributed by atoms with E-state index in [9.17, 15) is 9.59 Å². The van der Waals surface area contributed by atoms with Crippen molar-refractivity contribution in [1.29, 1.82) is 0 Å². The van der Waals surface area contributed by atoms with E-state index in [0.29, 0.717) is 12.1 Å². The number of nitrogens with one attached hydrogen (secondary N) is 2. The zero-order chi connectivity index (χ0) is 17.9. The Bertz CT molecular complexity index is 666.